The van der Waals surface area contributed by atoms with E-state index in [9.17, 15) is 13.2 Å². The van der Waals surface area contributed by atoms with Crippen LogP contribution >= 0.6 is 0 Å². The summed E-state index contributed by atoms with van der Waals surface area (Å²) < 4.78 is 32.7. The summed E-state index contributed by atoms with van der Waals surface area (Å²) in [7, 11) is -3.71. The number of nitrogens with zero attached hydrogens (tertiary/aromatic N) is 1. The number of anilines is 1. The molecule has 0 unspecified atom stereocenters. The summed E-state index contributed by atoms with van der Waals surface area (Å²) in [5, 5.41) is 6.44. The molecule has 0 atom stereocenters. The highest BCUT2D eigenvalue weighted by atomic mass is 32.2. The molecular formula is C20H21N3O4S. The van der Waals surface area contributed by atoms with Crippen LogP contribution in [0.2, 0.25) is 0 Å². The molecule has 2 aromatic carbocycles. The molecular weight excluding hydrogens is 378 g/mol. The van der Waals surface area contributed by atoms with Crippen molar-refractivity contribution in [1.29, 1.82) is 0 Å². The number of amides is 1. The molecule has 0 bridgehead atoms. The van der Waals surface area contributed by atoms with Gasteiger partial charge in [-0.1, -0.05) is 41.6 Å². The lowest BCUT2D eigenvalue weighted by Gasteiger charge is -2.20. The molecule has 0 radical (unpaired) electrons. The Morgan fingerprint density at radius 1 is 1.00 bits per heavy atom. The van der Waals surface area contributed by atoms with Crippen LogP contribution in [0.4, 0.5) is 5.69 Å². The van der Waals surface area contributed by atoms with E-state index >= 15 is 0 Å². The van der Waals surface area contributed by atoms with Gasteiger partial charge in [0.25, 0.3) is 5.91 Å². The zero-order valence-corrected chi connectivity index (χ0v) is 16.6. The number of carbonyl (C=O) groups is 1. The van der Waals surface area contributed by atoms with Crippen LogP contribution in [0.1, 0.15) is 31.3 Å². The fraction of sp³-hybridized carbons (Fsp3) is 0.200. The van der Waals surface area contributed by atoms with Gasteiger partial charge in [-0.25, -0.2) is 13.1 Å². The Morgan fingerprint density at radius 2 is 1.71 bits per heavy atom. The first kappa shape index (κ1) is 19.8. The highest BCUT2D eigenvalue weighted by molar-refractivity contribution is 7.89. The van der Waals surface area contributed by atoms with Crippen molar-refractivity contribution in [2.75, 3.05) is 5.32 Å². The van der Waals surface area contributed by atoms with E-state index in [1.54, 1.807) is 32.9 Å². The van der Waals surface area contributed by atoms with Crippen molar-refractivity contribution in [3.05, 3.63) is 66.4 Å². The maximum atomic E-state index is 12.5. The van der Waals surface area contributed by atoms with Crippen LogP contribution in [0.3, 0.4) is 0 Å². The monoisotopic (exact) mass is 399 g/mol. The van der Waals surface area contributed by atoms with Gasteiger partial charge >= 0.3 is 0 Å². The average Bonchev–Trinajstić information content (AvgIpc) is 3.11. The lowest BCUT2D eigenvalue weighted by molar-refractivity contribution is 0.101. The van der Waals surface area contributed by atoms with Crippen LogP contribution in [0.5, 0.6) is 0 Å². The lowest BCUT2D eigenvalue weighted by atomic mass is 10.1. The lowest BCUT2D eigenvalue weighted by Crippen LogP contribution is -2.40. The van der Waals surface area contributed by atoms with Gasteiger partial charge in [0.1, 0.15) is 0 Å². The highest BCUT2D eigenvalue weighted by Gasteiger charge is 2.22. The van der Waals surface area contributed by atoms with Gasteiger partial charge in [0, 0.05) is 22.9 Å². The number of benzene rings is 2. The molecule has 1 amide bonds. The van der Waals surface area contributed by atoms with E-state index in [0.717, 1.165) is 5.56 Å². The number of aromatic nitrogens is 1. The summed E-state index contributed by atoms with van der Waals surface area (Å²) in [6.07, 6.45) is 0. The van der Waals surface area contributed by atoms with Gasteiger partial charge in [-0.3, -0.25) is 4.79 Å². The minimum atomic E-state index is -3.71. The Balaban J connectivity index is 1.78. The summed E-state index contributed by atoms with van der Waals surface area (Å²) in [6.45, 7) is 5.27. The number of nitrogens with one attached hydrogen (secondary N) is 2. The molecule has 0 aliphatic heterocycles. The number of carbonyl (C=O) groups excluding carboxylic acids is 1. The highest BCUT2D eigenvalue weighted by Crippen LogP contribution is 2.21. The van der Waals surface area contributed by atoms with Crippen molar-refractivity contribution in [3.8, 4) is 11.3 Å². The second-order valence-corrected chi connectivity index (χ2v) is 8.96. The molecule has 1 heterocycles. The SMILES string of the molecule is CC(C)(C)NS(=O)(=O)c1cccc(NC(=O)c2cc(-c3ccccc3)on2)c1. The molecule has 2 N–H and O–H groups in total. The molecule has 8 heteroatoms. The smallest absolute Gasteiger partial charge is 0.277 e. The van der Waals surface area contributed by atoms with Crippen LogP contribution in [0.25, 0.3) is 11.3 Å². The largest absolute Gasteiger partial charge is 0.355 e. The summed E-state index contributed by atoms with van der Waals surface area (Å²) in [5.74, 6) is -0.0271. The fourth-order valence-electron chi connectivity index (χ4n) is 2.52. The van der Waals surface area contributed by atoms with E-state index in [0.29, 0.717) is 11.4 Å². The summed E-state index contributed by atoms with van der Waals surface area (Å²) in [4.78, 5) is 12.5. The topological polar surface area (TPSA) is 101 Å². The fourth-order valence-corrected chi connectivity index (χ4v) is 3.98. The van der Waals surface area contributed by atoms with E-state index in [2.05, 4.69) is 15.2 Å². The van der Waals surface area contributed by atoms with Gasteiger partial charge < -0.3 is 9.84 Å². The molecule has 1 aromatic heterocycles. The van der Waals surface area contributed by atoms with E-state index in [-0.39, 0.29) is 10.6 Å². The zero-order valence-electron chi connectivity index (χ0n) is 15.8. The summed E-state index contributed by atoms with van der Waals surface area (Å²) in [6, 6.07) is 16.8. The Bertz CT molecular complexity index is 1080. The Hall–Kier alpha value is -2.97. The molecule has 146 valence electrons. The minimum absolute atomic E-state index is 0.0605. The van der Waals surface area contributed by atoms with Crippen molar-refractivity contribution >= 4 is 21.6 Å². The van der Waals surface area contributed by atoms with Gasteiger partial charge in [-0.2, -0.15) is 0 Å². The maximum Gasteiger partial charge on any atom is 0.277 e. The van der Waals surface area contributed by atoms with Gasteiger partial charge in [0.2, 0.25) is 10.0 Å². The van der Waals surface area contributed by atoms with Crippen LogP contribution < -0.4 is 10.0 Å². The van der Waals surface area contributed by atoms with Crippen LogP contribution in [-0.2, 0) is 10.0 Å². The van der Waals surface area contributed by atoms with E-state index < -0.39 is 21.5 Å². The quantitative estimate of drug-likeness (QED) is 0.682. The van der Waals surface area contributed by atoms with E-state index in [1.165, 1.54) is 18.2 Å². The number of hydrogen-bond donors (Lipinski definition) is 2. The average molecular weight is 399 g/mol. The first-order valence-electron chi connectivity index (χ1n) is 8.62. The van der Waals surface area contributed by atoms with Crippen molar-refractivity contribution in [3.63, 3.8) is 0 Å². The second kappa shape index (κ2) is 7.57. The normalized spacial score (nSPS) is 12.0. The predicted molar refractivity (Wildman–Crippen MR) is 106 cm³/mol. The molecule has 0 saturated heterocycles. The number of sulfonamides is 1. The molecule has 3 aromatic rings. The summed E-state index contributed by atoms with van der Waals surface area (Å²) >= 11 is 0. The Labute approximate surface area is 163 Å². The van der Waals surface area contributed by atoms with Crippen LogP contribution in [0.15, 0.2) is 70.1 Å². The van der Waals surface area contributed by atoms with E-state index in [4.69, 9.17) is 4.52 Å². The molecule has 3 rings (SSSR count). The van der Waals surface area contributed by atoms with Crippen molar-refractivity contribution < 1.29 is 17.7 Å². The Kier molecular flexibility index (Phi) is 5.35. The summed E-state index contributed by atoms with van der Waals surface area (Å²) in [5.41, 5.74) is 0.619. The third-order valence-electron chi connectivity index (χ3n) is 3.64. The van der Waals surface area contributed by atoms with Gasteiger partial charge in [0.05, 0.1) is 4.90 Å². The minimum Gasteiger partial charge on any atom is -0.355 e. The van der Waals surface area contributed by atoms with Crippen molar-refractivity contribution in [2.45, 2.75) is 31.2 Å². The molecule has 0 saturated carbocycles. The first-order valence-corrected chi connectivity index (χ1v) is 10.1. The van der Waals surface area contributed by atoms with Gasteiger partial charge in [-0.05, 0) is 39.0 Å². The maximum absolute atomic E-state index is 12.5. The molecule has 0 aliphatic rings. The first-order chi connectivity index (χ1) is 13.1. The molecule has 0 fully saturated rings. The second-order valence-electron chi connectivity index (χ2n) is 7.28. The Morgan fingerprint density at radius 3 is 2.39 bits per heavy atom. The van der Waals surface area contributed by atoms with Crippen LogP contribution in [-0.4, -0.2) is 25.0 Å². The molecule has 28 heavy (non-hydrogen) atoms. The number of rotatable bonds is 5. The van der Waals surface area contributed by atoms with Gasteiger partial charge in [0.15, 0.2) is 11.5 Å². The number of hydrogen-bond acceptors (Lipinski definition) is 5. The van der Waals surface area contributed by atoms with Crippen molar-refractivity contribution in [1.82, 2.24) is 9.88 Å². The standard InChI is InChI=1S/C20H21N3O4S/c1-20(2,3)23-28(25,26)16-11-7-10-15(12-16)21-19(24)17-13-18(27-22-17)14-8-5-4-6-9-14/h4-13,23H,1-3H3,(H,21,24). The van der Waals surface area contributed by atoms with Crippen LogP contribution in [0, 0.1) is 0 Å². The molecule has 7 nitrogen and oxygen atoms in total. The molecule has 0 aliphatic carbocycles. The predicted octanol–water partition coefficient (Wildman–Crippen LogP) is 3.67. The third-order valence-corrected chi connectivity index (χ3v) is 5.40. The van der Waals surface area contributed by atoms with Gasteiger partial charge in [-0.15, -0.1) is 0 Å². The molecule has 0 spiro atoms. The van der Waals surface area contributed by atoms with Crippen molar-refractivity contribution in [2.24, 2.45) is 0 Å². The van der Waals surface area contributed by atoms with E-state index in [1.807, 2.05) is 30.3 Å². The zero-order chi connectivity index (χ0) is 20.4. The third kappa shape index (κ3) is 4.85.